The van der Waals surface area contributed by atoms with Crippen molar-refractivity contribution in [1.29, 1.82) is 0 Å². The highest BCUT2D eigenvalue weighted by molar-refractivity contribution is 5.97. The predicted octanol–water partition coefficient (Wildman–Crippen LogP) is 5.49. The lowest BCUT2D eigenvalue weighted by molar-refractivity contribution is 0.0735. The summed E-state index contributed by atoms with van der Waals surface area (Å²) in [5.41, 5.74) is 1.12. The first-order valence-electron chi connectivity index (χ1n) is 11.0. The second-order valence-corrected chi connectivity index (χ2v) is 7.95. The molecule has 0 aliphatic heterocycles. The van der Waals surface area contributed by atoms with E-state index >= 15 is 0 Å². The Bertz CT molecular complexity index is 1710. The lowest BCUT2D eigenvalue weighted by atomic mass is 10.0. The van der Waals surface area contributed by atoms with Crippen LogP contribution in [0.4, 0.5) is 0 Å². The number of esters is 1. The fourth-order valence-electron chi connectivity index (χ4n) is 3.94. The van der Waals surface area contributed by atoms with Crippen molar-refractivity contribution < 1.29 is 23.1 Å². The Kier molecular flexibility index (Phi) is 5.66. The summed E-state index contributed by atoms with van der Waals surface area (Å²) in [6.07, 6.45) is 0. The number of benzene rings is 3. The molecule has 0 amide bonds. The molecule has 7 nitrogen and oxygen atoms in total. The molecule has 0 aliphatic rings. The third kappa shape index (κ3) is 4.31. The zero-order valence-corrected chi connectivity index (χ0v) is 19.0. The van der Waals surface area contributed by atoms with Gasteiger partial charge in [0.25, 0.3) is 0 Å². The van der Waals surface area contributed by atoms with Crippen LogP contribution in [0.2, 0.25) is 0 Å². The molecule has 174 valence electrons. The van der Waals surface area contributed by atoms with E-state index in [0.29, 0.717) is 39.8 Å². The lowest BCUT2D eigenvalue weighted by Gasteiger charge is -2.10. The molecule has 0 aliphatic carbocycles. The Morgan fingerprint density at radius 3 is 2.51 bits per heavy atom. The van der Waals surface area contributed by atoms with Crippen LogP contribution in [-0.4, -0.2) is 12.6 Å². The number of rotatable bonds is 5. The molecule has 0 saturated carbocycles. The van der Waals surface area contributed by atoms with Crippen molar-refractivity contribution in [3.63, 3.8) is 0 Å². The first kappa shape index (κ1) is 22.2. The number of carbonyl (C=O) groups excluding carboxylic acids is 1. The van der Waals surface area contributed by atoms with Gasteiger partial charge in [-0.25, -0.2) is 14.4 Å². The van der Waals surface area contributed by atoms with Crippen molar-refractivity contribution in [1.82, 2.24) is 0 Å². The van der Waals surface area contributed by atoms with Crippen LogP contribution in [0.1, 0.15) is 22.8 Å². The van der Waals surface area contributed by atoms with E-state index in [4.69, 9.17) is 18.3 Å². The van der Waals surface area contributed by atoms with Crippen LogP contribution in [-0.2, 0) is 0 Å². The zero-order chi connectivity index (χ0) is 24.5. The van der Waals surface area contributed by atoms with Gasteiger partial charge >= 0.3 is 17.2 Å². The van der Waals surface area contributed by atoms with Crippen LogP contribution in [0.3, 0.4) is 0 Å². The van der Waals surface area contributed by atoms with Crippen molar-refractivity contribution >= 4 is 27.9 Å². The molecule has 0 atom stereocenters. The van der Waals surface area contributed by atoms with E-state index in [-0.39, 0.29) is 16.9 Å². The van der Waals surface area contributed by atoms with Gasteiger partial charge in [-0.05, 0) is 50.2 Å². The monoisotopic (exact) mass is 468 g/mol. The molecule has 0 bridgehead atoms. The molecule has 5 aromatic rings. The summed E-state index contributed by atoms with van der Waals surface area (Å²) >= 11 is 0. The largest absolute Gasteiger partial charge is 0.490 e. The number of hydrogen-bond acceptors (Lipinski definition) is 7. The molecule has 35 heavy (non-hydrogen) atoms. The lowest BCUT2D eigenvalue weighted by Crippen LogP contribution is -2.09. The summed E-state index contributed by atoms with van der Waals surface area (Å²) in [6, 6.07) is 19.9. The second kappa shape index (κ2) is 8.95. The van der Waals surface area contributed by atoms with Gasteiger partial charge in [0.1, 0.15) is 11.3 Å². The van der Waals surface area contributed by atoms with E-state index in [1.165, 1.54) is 12.1 Å². The maximum Gasteiger partial charge on any atom is 0.344 e. The van der Waals surface area contributed by atoms with E-state index in [9.17, 15) is 14.4 Å². The molecular formula is C28H20O7. The Morgan fingerprint density at radius 2 is 1.71 bits per heavy atom. The topological polar surface area (TPSA) is 96.0 Å². The predicted molar refractivity (Wildman–Crippen MR) is 131 cm³/mol. The first-order chi connectivity index (χ1) is 16.9. The van der Waals surface area contributed by atoms with Gasteiger partial charge in [-0.1, -0.05) is 29.8 Å². The molecule has 2 aromatic heterocycles. The molecular weight excluding hydrogens is 448 g/mol. The smallest absolute Gasteiger partial charge is 0.344 e. The molecule has 0 radical (unpaired) electrons. The first-order valence-corrected chi connectivity index (χ1v) is 11.0. The van der Waals surface area contributed by atoms with Crippen LogP contribution in [0, 0.1) is 6.92 Å². The number of ether oxygens (including phenoxy) is 2. The minimum atomic E-state index is -0.655. The number of para-hydroxylation sites is 1. The molecule has 0 saturated heterocycles. The van der Waals surface area contributed by atoms with E-state index in [1.807, 2.05) is 19.9 Å². The van der Waals surface area contributed by atoms with Crippen LogP contribution in [0.25, 0.3) is 33.1 Å². The SMILES string of the molecule is CCOc1cccc2cc(-c3cc(=O)oc4cc(OC(=O)c5cccc(C)c5)ccc34)c(=O)oc12. The summed E-state index contributed by atoms with van der Waals surface area (Å²) in [5.74, 6) is 0.134. The fraction of sp³-hybridized carbons (Fsp3) is 0.107. The molecule has 0 N–H and O–H groups in total. The Morgan fingerprint density at radius 1 is 0.886 bits per heavy atom. The molecule has 0 unspecified atom stereocenters. The van der Waals surface area contributed by atoms with Crippen LogP contribution >= 0.6 is 0 Å². The van der Waals surface area contributed by atoms with Crippen molar-refractivity contribution in [3.05, 3.63) is 105 Å². The Balaban J connectivity index is 1.58. The molecule has 7 heteroatoms. The molecule has 0 fully saturated rings. The fourth-order valence-corrected chi connectivity index (χ4v) is 3.94. The quantitative estimate of drug-likeness (QED) is 0.191. The van der Waals surface area contributed by atoms with Crippen molar-refractivity contribution in [2.24, 2.45) is 0 Å². The minimum absolute atomic E-state index is 0.171. The van der Waals surface area contributed by atoms with Crippen LogP contribution in [0.5, 0.6) is 11.5 Å². The highest BCUT2D eigenvalue weighted by Gasteiger charge is 2.17. The van der Waals surface area contributed by atoms with Gasteiger partial charge in [0, 0.05) is 28.5 Å². The highest BCUT2D eigenvalue weighted by atomic mass is 16.5. The van der Waals surface area contributed by atoms with Gasteiger partial charge in [0.05, 0.1) is 17.7 Å². The standard InChI is InChI=1S/C28H20O7/c1-3-32-23-9-5-7-17-13-22(28(31)35-26(17)23)21-15-25(29)34-24-14-19(10-11-20(21)24)33-27(30)18-8-4-6-16(2)12-18/h4-15H,3H2,1-2H3. The van der Waals surface area contributed by atoms with Gasteiger partial charge < -0.3 is 18.3 Å². The third-order valence-corrected chi connectivity index (χ3v) is 5.49. The summed E-state index contributed by atoms with van der Waals surface area (Å²) < 4.78 is 21.9. The van der Waals surface area contributed by atoms with Gasteiger partial charge in [-0.3, -0.25) is 0 Å². The summed E-state index contributed by atoms with van der Waals surface area (Å²) in [5, 5.41) is 1.14. The Labute approximate surface area is 199 Å². The van der Waals surface area contributed by atoms with Crippen molar-refractivity contribution in [3.8, 4) is 22.6 Å². The van der Waals surface area contributed by atoms with Gasteiger partial charge in [0.15, 0.2) is 11.3 Å². The molecule has 2 heterocycles. The molecule has 3 aromatic carbocycles. The van der Waals surface area contributed by atoms with Gasteiger partial charge in [-0.2, -0.15) is 0 Å². The number of aryl methyl sites for hydroxylation is 1. The van der Waals surface area contributed by atoms with Crippen LogP contribution in [0.15, 0.2) is 91.2 Å². The van der Waals surface area contributed by atoms with E-state index < -0.39 is 17.2 Å². The normalized spacial score (nSPS) is 11.0. The molecule has 0 spiro atoms. The van der Waals surface area contributed by atoms with Gasteiger partial charge in [-0.15, -0.1) is 0 Å². The van der Waals surface area contributed by atoms with Crippen molar-refractivity contribution in [2.45, 2.75) is 13.8 Å². The highest BCUT2D eigenvalue weighted by Crippen LogP contribution is 2.32. The number of hydrogen-bond donors (Lipinski definition) is 0. The average Bonchev–Trinajstić information content (AvgIpc) is 2.83. The van der Waals surface area contributed by atoms with Gasteiger partial charge in [0.2, 0.25) is 0 Å². The zero-order valence-electron chi connectivity index (χ0n) is 19.0. The van der Waals surface area contributed by atoms with E-state index in [1.54, 1.807) is 54.6 Å². The number of fused-ring (bicyclic) bond motifs is 2. The van der Waals surface area contributed by atoms with E-state index in [2.05, 4.69) is 0 Å². The van der Waals surface area contributed by atoms with E-state index in [0.717, 1.165) is 5.56 Å². The minimum Gasteiger partial charge on any atom is -0.490 e. The maximum absolute atomic E-state index is 12.9. The summed E-state index contributed by atoms with van der Waals surface area (Å²) in [4.78, 5) is 37.8. The summed E-state index contributed by atoms with van der Waals surface area (Å²) in [7, 11) is 0. The average molecular weight is 468 g/mol. The summed E-state index contributed by atoms with van der Waals surface area (Å²) in [6.45, 7) is 4.14. The van der Waals surface area contributed by atoms with Crippen LogP contribution < -0.4 is 20.7 Å². The molecule has 5 rings (SSSR count). The maximum atomic E-state index is 12.9. The second-order valence-electron chi connectivity index (χ2n) is 7.95. The third-order valence-electron chi connectivity index (χ3n) is 5.49. The van der Waals surface area contributed by atoms with Crippen molar-refractivity contribution in [2.75, 3.05) is 6.61 Å². The Hall–Kier alpha value is -4.65. The number of carbonyl (C=O) groups is 1.